The molecule has 0 aromatic heterocycles. The van der Waals surface area contributed by atoms with Crippen molar-refractivity contribution >= 4 is 21.6 Å². The van der Waals surface area contributed by atoms with E-state index in [1.807, 2.05) is 0 Å². The lowest BCUT2D eigenvalue weighted by Crippen LogP contribution is -2.38. The Morgan fingerprint density at radius 1 is 1.25 bits per heavy atom. The van der Waals surface area contributed by atoms with Gasteiger partial charge in [0.05, 0.1) is 4.90 Å². The molecule has 0 aliphatic heterocycles. The highest BCUT2D eigenvalue weighted by Crippen LogP contribution is 2.17. The van der Waals surface area contributed by atoms with Crippen molar-refractivity contribution in [2.24, 2.45) is 0 Å². The molecule has 0 aliphatic rings. The molecular weight excluding hydrogens is 297 g/mol. The molecule has 0 aliphatic carbocycles. The van der Waals surface area contributed by atoms with Crippen LogP contribution in [0.4, 0.5) is 23.7 Å². The maximum Gasteiger partial charge on any atom is 0.406 e. The second-order valence-corrected chi connectivity index (χ2v) is 6.21. The van der Waals surface area contributed by atoms with Gasteiger partial charge in [-0.05, 0) is 24.3 Å². The second-order valence-electron chi connectivity index (χ2n) is 4.20. The number of anilines is 1. The fourth-order valence-corrected chi connectivity index (χ4v) is 1.98. The van der Waals surface area contributed by atoms with Gasteiger partial charge in [-0.3, -0.25) is 0 Å². The van der Waals surface area contributed by atoms with Crippen molar-refractivity contribution in [3.05, 3.63) is 24.3 Å². The minimum Gasteiger partial charge on any atom is -0.318 e. The van der Waals surface area contributed by atoms with E-state index >= 15 is 0 Å². The quantitative estimate of drug-likeness (QED) is 0.930. The van der Waals surface area contributed by atoms with E-state index in [4.69, 9.17) is 0 Å². The molecule has 1 aromatic rings. The van der Waals surface area contributed by atoms with Crippen molar-refractivity contribution in [1.29, 1.82) is 0 Å². The van der Waals surface area contributed by atoms with E-state index in [9.17, 15) is 26.4 Å². The number of alkyl halides is 3. The molecule has 0 bridgehead atoms. The molecule has 5 nitrogen and oxygen atoms in total. The zero-order valence-electron chi connectivity index (χ0n) is 10.7. The molecule has 0 heterocycles. The average Bonchev–Trinajstić information content (AvgIpc) is 2.26. The van der Waals surface area contributed by atoms with Crippen LogP contribution >= 0.6 is 0 Å². The van der Waals surface area contributed by atoms with Crippen molar-refractivity contribution in [2.45, 2.75) is 11.1 Å². The third kappa shape index (κ3) is 5.08. The van der Waals surface area contributed by atoms with Gasteiger partial charge in [0.15, 0.2) is 9.84 Å². The van der Waals surface area contributed by atoms with Gasteiger partial charge in [-0.15, -0.1) is 0 Å². The highest BCUT2D eigenvalue weighted by molar-refractivity contribution is 7.90. The lowest BCUT2D eigenvalue weighted by molar-refractivity contribution is -0.137. The van der Waals surface area contributed by atoms with Crippen LogP contribution in [-0.4, -0.2) is 45.4 Å². The predicted octanol–water partition coefficient (Wildman–Crippen LogP) is 2.12. The van der Waals surface area contributed by atoms with Gasteiger partial charge in [-0.25, -0.2) is 13.2 Å². The third-order valence-corrected chi connectivity index (χ3v) is 3.43. The summed E-state index contributed by atoms with van der Waals surface area (Å²) in [6.45, 7) is -1.37. The Kier molecular flexibility index (Phi) is 4.64. The van der Waals surface area contributed by atoms with Gasteiger partial charge >= 0.3 is 12.2 Å². The number of nitrogens with one attached hydrogen (secondary N) is 1. The van der Waals surface area contributed by atoms with Crippen LogP contribution in [0, 0.1) is 0 Å². The first kappa shape index (κ1) is 16.3. The summed E-state index contributed by atoms with van der Waals surface area (Å²) in [5.41, 5.74) is 0.205. The summed E-state index contributed by atoms with van der Waals surface area (Å²) in [4.78, 5) is 12.0. The first-order valence-electron chi connectivity index (χ1n) is 5.38. The van der Waals surface area contributed by atoms with Crippen LogP contribution in [0.5, 0.6) is 0 Å². The number of sulfone groups is 1. The molecule has 0 spiro atoms. The first-order valence-corrected chi connectivity index (χ1v) is 7.27. The monoisotopic (exact) mass is 310 g/mol. The zero-order chi connectivity index (χ0) is 15.6. The summed E-state index contributed by atoms with van der Waals surface area (Å²) >= 11 is 0. The van der Waals surface area contributed by atoms with Crippen LogP contribution < -0.4 is 5.32 Å². The Hall–Kier alpha value is -1.77. The summed E-state index contributed by atoms with van der Waals surface area (Å²) in [6, 6.07) is 4.18. The van der Waals surface area contributed by atoms with Crippen LogP contribution in [-0.2, 0) is 9.84 Å². The Balaban J connectivity index is 2.72. The number of rotatable bonds is 3. The minimum atomic E-state index is -4.48. The summed E-state index contributed by atoms with van der Waals surface area (Å²) in [5.74, 6) is 0. The predicted molar refractivity (Wildman–Crippen MR) is 67.3 cm³/mol. The SMILES string of the molecule is CN(CC(F)(F)F)C(=O)Nc1ccc(S(C)(=O)=O)cc1. The van der Waals surface area contributed by atoms with Crippen molar-refractivity contribution in [2.75, 3.05) is 25.2 Å². The number of halogens is 3. The van der Waals surface area contributed by atoms with Gasteiger partial charge in [-0.2, -0.15) is 13.2 Å². The number of hydrogen-bond acceptors (Lipinski definition) is 3. The molecule has 112 valence electrons. The molecule has 0 atom stereocenters. The number of urea groups is 1. The van der Waals surface area contributed by atoms with E-state index in [2.05, 4.69) is 5.32 Å². The Bertz CT molecular complexity index is 582. The van der Waals surface area contributed by atoms with E-state index in [0.717, 1.165) is 13.3 Å². The average molecular weight is 310 g/mol. The Labute approximate surface area is 114 Å². The van der Waals surface area contributed by atoms with Gasteiger partial charge in [0.2, 0.25) is 0 Å². The number of carbonyl (C=O) groups is 1. The van der Waals surface area contributed by atoms with E-state index in [1.165, 1.54) is 24.3 Å². The smallest absolute Gasteiger partial charge is 0.318 e. The maximum absolute atomic E-state index is 12.1. The van der Waals surface area contributed by atoms with Gasteiger partial charge in [0.25, 0.3) is 0 Å². The zero-order valence-corrected chi connectivity index (χ0v) is 11.5. The van der Waals surface area contributed by atoms with Crippen LogP contribution in [0.25, 0.3) is 0 Å². The molecule has 0 radical (unpaired) electrons. The third-order valence-electron chi connectivity index (χ3n) is 2.30. The Morgan fingerprint density at radius 2 is 1.75 bits per heavy atom. The number of hydrogen-bond donors (Lipinski definition) is 1. The van der Waals surface area contributed by atoms with Crippen molar-refractivity contribution in [3.63, 3.8) is 0 Å². The highest BCUT2D eigenvalue weighted by atomic mass is 32.2. The largest absolute Gasteiger partial charge is 0.406 e. The number of nitrogens with zero attached hydrogens (tertiary/aromatic N) is 1. The normalized spacial score (nSPS) is 12.1. The lowest BCUT2D eigenvalue weighted by Gasteiger charge is -2.19. The molecule has 2 amide bonds. The van der Waals surface area contributed by atoms with Crippen LogP contribution in [0.1, 0.15) is 0 Å². The van der Waals surface area contributed by atoms with Gasteiger partial charge < -0.3 is 10.2 Å². The van der Waals surface area contributed by atoms with Crippen LogP contribution in [0.2, 0.25) is 0 Å². The van der Waals surface area contributed by atoms with Crippen molar-refractivity contribution in [1.82, 2.24) is 4.90 Å². The van der Waals surface area contributed by atoms with Crippen LogP contribution in [0.3, 0.4) is 0 Å². The summed E-state index contributed by atoms with van der Waals surface area (Å²) in [5, 5.41) is 2.24. The summed E-state index contributed by atoms with van der Waals surface area (Å²) < 4.78 is 58.7. The number of amides is 2. The molecular formula is C11H13F3N2O3S. The fraction of sp³-hybridized carbons (Fsp3) is 0.364. The molecule has 20 heavy (non-hydrogen) atoms. The standard InChI is InChI=1S/C11H13F3N2O3S/c1-16(7-11(12,13)14)10(17)15-8-3-5-9(6-4-8)20(2,18)19/h3-6H,7H2,1-2H3,(H,15,17). The van der Waals surface area contributed by atoms with Crippen molar-refractivity contribution in [3.8, 4) is 0 Å². The highest BCUT2D eigenvalue weighted by Gasteiger charge is 2.31. The minimum absolute atomic E-state index is 0.0548. The molecule has 0 fully saturated rings. The van der Waals surface area contributed by atoms with Gasteiger partial charge in [0.1, 0.15) is 6.54 Å². The summed E-state index contributed by atoms with van der Waals surface area (Å²) in [7, 11) is -2.35. The van der Waals surface area contributed by atoms with Crippen LogP contribution in [0.15, 0.2) is 29.2 Å². The summed E-state index contributed by atoms with van der Waals surface area (Å²) in [6.07, 6.45) is -3.45. The second kappa shape index (κ2) is 5.70. The van der Waals surface area contributed by atoms with Gasteiger partial charge in [0, 0.05) is 19.0 Å². The van der Waals surface area contributed by atoms with E-state index in [1.54, 1.807) is 0 Å². The maximum atomic E-state index is 12.1. The fourth-order valence-electron chi connectivity index (χ4n) is 1.35. The molecule has 0 saturated heterocycles. The first-order chi connectivity index (χ1) is 8.99. The molecule has 1 N–H and O–H groups in total. The topological polar surface area (TPSA) is 66.5 Å². The van der Waals surface area contributed by atoms with E-state index in [-0.39, 0.29) is 10.6 Å². The Morgan fingerprint density at radius 3 is 2.15 bits per heavy atom. The lowest BCUT2D eigenvalue weighted by atomic mass is 10.3. The number of carbonyl (C=O) groups excluding carboxylic acids is 1. The molecule has 0 saturated carbocycles. The molecule has 1 aromatic carbocycles. The van der Waals surface area contributed by atoms with E-state index < -0.39 is 28.6 Å². The molecule has 9 heteroatoms. The van der Waals surface area contributed by atoms with Crippen molar-refractivity contribution < 1.29 is 26.4 Å². The number of benzene rings is 1. The molecule has 0 unspecified atom stereocenters. The molecule has 1 rings (SSSR count). The van der Waals surface area contributed by atoms with E-state index in [0.29, 0.717) is 4.90 Å². The van der Waals surface area contributed by atoms with Gasteiger partial charge in [-0.1, -0.05) is 0 Å².